The Hall–Kier alpha value is -1.89. The topological polar surface area (TPSA) is 125 Å². The Morgan fingerprint density at radius 2 is 1.53 bits per heavy atom. The van der Waals surface area contributed by atoms with E-state index in [9.17, 15) is 4.79 Å². The first-order chi connectivity index (χ1) is 8.13. The first-order valence-corrected chi connectivity index (χ1v) is 5.08. The summed E-state index contributed by atoms with van der Waals surface area (Å²) in [4.78, 5) is 9.88. The molecule has 0 heterocycles. The van der Waals surface area contributed by atoms with Crippen molar-refractivity contribution in [3.05, 3.63) is 11.6 Å². The molecular formula is C11H16N2O4. The van der Waals surface area contributed by atoms with Crippen LogP contribution in [0.1, 0.15) is 25.7 Å². The number of aliphatic hydroxyl groups is 2. The van der Waals surface area contributed by atoms with Crippen molar-refractivity contribution in [3.8, 4) is 12.1 Å². The van der Waals surface area contributed by atoms with E-state index in [-0.39, 0.29) is 13.2 Å². The molecule has 3 N–H and O–H groups in total. The zero-order valence-electron chi connectivity index (χ0n) is 9.46. The van der Waals surface area contributed by atoms with Gasteiger partial charge < -0.3 is 15.3 Å². The van der Waals surface area contributed by atoms with Crippen LogP contribution in [0.2, 0.25) is 0 Å². The second-order valence-electron chi connectivity index (χ2n) is 2.97. The summed E-state index contributed by atoms with van der Waals surface area (Å²) in [5.74, 6) is -1.38. The normalized spacial score (nSPS) is 9.53. The molecule has 0 aromatic rings. The Balaban J connectivity index is 0. The monoisotopic (exact) mass is 240 g/mol. The van der Waals surface area contributed by atoms with E-state index < -0.39 is 11.5 Å². The molecule has 0 aliphatic heterocycles. The molecule has 0 aliphatic rings. The molecule has 0 spiro atoms. The second kappa shape index (κ2) is 14.1. The van der Waals surface area contributed by atoms with E-state index >= 15 is 0 Å². The minimum absolute atomic E-state index is 0.283. The zero-order chi connectivity index (χ0) is 13.5. The first-order valence-electron chi connectivity index (χ1n) is 5.08. The van der Waals surface area contributed by atoms with Gasteiger partial charge in [-0.05, 0) is 12.8 Å². The highest BCUT2D eigenvalue weighted by Crippen LogP contribution is 1.96. The number of carbonyl (C=O) groups is 1. The number of carboxylic acids is 1. The number of hydrogen-bond acceptors (Lipinski definition) is 5. The predicted octanol–water partition coefficient (Wildman–Crippen LogP) is 0.576. The van der Waals surface area contributed by atoms with Gasteiger partial charge in [0.25, 0.3) is 0 Å². The summed E-state index contributed by atoms with van der Waals surface area (Å²) in [6, 6.07) is 2.78. The largest absolute Gasteiger partial charge is 0.477 e. The molecule has 0 rings (SSSR count). The van der Waals surface area contributed by atoms with Gasteiger partial charge in [0.05, 0.1) is 6.07 Å². The minimum atomic E-state index is -1.38. The standard InChI is InChI=1S/C6H14O2.C5H2N2O2/c7-5-3-1-2-4-6-8;6-2-1-4(3-7)5(8)9/h7-8H,1-6H2;1H,(H,8,9). The molecule has 0 aromatic carbocycles. The molecule has 17 heavy (non-hydrogen) atoms. The van der Waals surface area contributed by atoms with Gasteiger partial charge in [-0.3, -0.25) is 0 Å². The summed E-state index contributed by atoms with van der Waals surface area (Å²) in [5, 5.41) is 40.5. The fourth-order valence-corrected chi connectivity index (χ4v) is 0.784. The lowest BCUT2D eigenvalue weighted by Gasteiger charge is -1.93. The summed E-state index contributed by atoms with van der Waals surface area (Å²) in [7, 11) is 0. The summed E-state index contributed by atoms with van der Waals surface area (Å²) < 4.78 is 0. The average molecular weight is 240 g/mol. The van der Waals surface area contributed by atoms with Crippen LogP contribution in [-0.4, -0.2) is 34.5 Å². The van der Waals surface area contributed by atoms with Gasteiger partial charge in [0.1, 0.15) is 11.6 Å². The van der Waals surface area contributed by atoms with Crippen molar-refractivity contribution in [2.24, 2.45) is 0 Å². The molecular weight excluding hydrogens is 224 g/mol. The molecule has 0 atom stereocenters. The molecule has 0 fully saturated rings. The number of aliphatic hydroxyl groups excluding tert-OH is 2. The fraction of sp³-hybridized carbons (Fsp3) is 0.545. The molecule has 0 radical (unpaired) electrons. The molecule has 6 nitrogen and oxygen atoms in total. The van der Waals surface area contributed by atoms with Crippen LogP contribution in [0.25, 0.3) is 0 Å². The Bertz CT molecular complexity index is 306. The highest BCUT2D eigenvalue weighted by atomic mass is 16.4. The van der Waals surface area contributed by atoms with Gasteiger partial charge in [-0.25, -0.2) is 4.79 Å². The van der Waals surface area contributed by atoms with E-state index in [1.54, 1.807) is 0 Å². The lowest BCUT2D eigenvalue weighted by Crippen LogP contribution is -1.96. The highest BCUT2D eigenvalue weighted by molar-refractivity contribution is 5.91. The number of rotatable bonds is 6. The smallest absolute Gasteiger partial charge is 0.347 e. The molecule has 0 unspecified atom stereocenters. The molecule has 6 heteroatoms. The highest BCUT2D eigenvalue weighted by Gasteiger charge is 2.02. The van der Waals surface area contributed by atoms with Crippen LogP contribution in [-0.2, 0) is 4.79 Å². The number of aliphatic carboxylic acids is 1. The lowest BCUT2D eigenvalue weighted by atomic mass is 10.2. The molecule has 0 amide bonds. The van der Waals surface area contributed by atoms with E-state index in [0.29, 0.717) is 6.08 Å². The van der Waals surface area contributed by atoms with Crippen LogP contribution < -0.4 is 0 Å². The van der Waals surface area contributed by atoms with Crippen molar-refractivity contribution in [2.45, 2.75) is 25.7 Å². The Labute approximate surface area is 100 Å². The number of nitriles is 2. The number of allylic oxidation sites excluding steroid dienone is 1. The van der Waals surface area contributed by atoms with E-state index in [1.807, 2.05) is 0 Å². The third-order valence-corrected chi connectivity index (χ3v) is 1.63. The van der Waals surface area contributed by atoms with Gasteiger partial charge >= 0.3 is 5.97 Å². The quantitative estimate of drug-likeness (QED) is 0.354. The molecule has 0 aromatic heterocycles. The van der Waals surface area contributed by atoms with Crippen LogP contribution in [0.4, 0.5) is 0 Å². The maximum absolute atomic E-state index is 9.88. The van der Waals surface area contributed by atoms with E-state index in [1.165, 1.54) is 12.1 Å². The van der Waals surface area contributed by atoms with Crippen molar-refractivity contribution < 1.29 is 20.1 Å². The molecule has 0 saturated heterocycles. The summed E-state index contributed by atoms with van der Waals surface area (Å²) in [6.45, 7) is 0.566. The summed E-state index contributed by atoms with van der Waals surface area (Å²) in [6.07, 6.45) is 4.51. The zero-order valence-corrected chi connectivity index (χ0v) is 9.46. The molecule has 94 valence electrons. The maximum atomic E-state index is 9.88. The van der Waals surface area contributed by atoms with Gasteiger partial charge in [0, 0.05) is 19.3 Å². The third kappa shape index (κ3) is 14.1. The maximum Gasteiger partial charge on any atom is 0.347 e. The molecule has 0 aliphatic carbocycles. The van der Waals surface area contributed by atoms with Crippen molar-refractivity contribution in [1.82, 2.24) is 0 Å². The van der Waals surface area contributed by atoms with Crippen molar-refractivity contribution in [2.75, 3.05) is 13.2 Å². The van der Waals surface area contributed by atoms with Crippen molar-refractivity contribution in [3.63, 3.8) is 0 Å². The SMILES string of the molecule is N#CC=C(C#N)C(=O)O.OCCCCCCO. The van der Waals surface area contributed by atoms with E-state index in [0.717, 1.165) is 25.7 Å². The van der Waals surface area contributed by atoms with Crippen LogP contribution in [0.15, 0.2) is 11.6 Å². The van der Waals surface area contributed by atoms with Crippen molar-refractivity contribution in [1.29, 1.82) is 10.5 Å². The van der Waals surface area contributed by atoms with Gasteiger partial charge in [0.2, 0.25) is 0 Å². The first kappa shape index (κ1) is 17.5. The number of carboxylic acid groups (broad SMARTS) is 1. The summed E-state index contributed by atoms with van der Waals surface area (Å²) >= 11 is 0. The van der Waals surface area contributed by atoms with Crippen LogP contribution in [0, 0.1) is 22.7 Å². The Kier molecular flexibility index (Phi) is 14.5. The predicted molar refractivity (Wildman–Crippen MR) is 59.6 cm³/mol. The lowest BCUT2D eigenvalue weighted by molar-refractivity contribution is -0.132. The summed E-state index contributed by atoms with van der Waals surface area (Å²) in [5.41, 5.74) is -0.544. The van der Waals surface area contributed by atoms with Gasteiger partial charge in [-0.2, -0.15) is 10.5 Å². The number of unbranched alkanes of at least 4 members (excludes halogenated alkanes) is 3. The fourth-order valence-electron chi connectivity index (χ4n) is 0.784. The Morgan fingerprint density at radius 3 is 1.71 bits per heavy atom. The minimum Gasteiger partial charge on any atom is -0.477 e. The molecule has 0 saturated carbocycles. The van der Waals surface area contributed by atoms with Crippen LogP contribution in [0.3, 0.4) is 0 Å². The van der Waals surface area contributed by atoms with Gasteiger partial charge in [0.15, 0.2) is 0 Å². The van der Waals surface area contributed by atoms with Crippen molar-refractivity contribution >= 4 is 5.97 Å². The average Bonchev–Trinajstić information content (AvgIpc) is 2.32. The third-order valence-electron chi connectivity index (χ3n) is 1.63. The van der Waals surface area contributed by atoms with Gasteiger partial charge in [-0.15, -0.1) is 0 Å². The van der Waals surface area contributed by atoms with E-state index in [4.69, 9.17) is 25.8 Å². The second-order valence-corrected chi connectivity index (χ2v) is 2.97. The van der Waals surface area contributed by atoms with Crippen LogP contribution in [0.5, 0.6) is 0 Å². The number of nitrogens with zero attached hydrogens (tertiary/aromatic N) is 2. The van der Waals surface area contributed by atoms with Crippen LogP contribution >= 0.6 is 0 Å². The Morgan fingerprint density at radius 1 is 1.06 bits per heavy atom. The van der Waals surface area contributed by atoms with Gasteiger partial charge in [-0.1, -0.05) is 12.8 Å². The number of hydrogen-bond donors (Lipinski definition) is 3. The van der Waals surface area contributed by atoms with E-state index in [2.05, 4.69) is 0 Å². The molecule has 0 bridgehead atoms.